The van der Waals surface area contributed by atoms with Gasteiger partial charge in [-0.05, 0) is 46.3 Å². The first-order valence-corrected chi connectivity index (χ1v) is 5.76. The third-order valence-corrected chi connectivity index (χ3v) is 3.51. The molecule has 3 rings (SSSR count). The molecule has 2 heterocycles. The van der Waals surface area contributed by atoms with Gasteiger partial charge in [0.15, 0.2) is 0 Å². The normalized spacial score (nSPS) is 17.2. The summed E-state index contributed by atoms with van der Waals surface area (Å²) in [5.41, 5.74) is 2.45. The van der Waals surface area contributed by atoms with Crippen LogP contribution >= 0.6 is 15.9 Å². The van der Waals surface area contributed by atoms with E-state index in [0.29, 0.717) is 0 Å². The van der Waals surface area contributed by atoms with Gasteiger partial charge in [-0.3, -0.25) is 0 Å². The lowest BCUT2D eigenvalue weighted by molar-refractivity contribution is 0.422. The minimum absolute atomic E-state index is 0.764. The fourth-order valence-electron chi connectivity index (χ4n) is 2.06. The molecule has 0 spiro atoms. The highest BCUT2D eigenvalue weighted by atomic mass is 79.9. The molecule has 0 amide bonds. The van der Waals surface area contributed by atoms with E-state index in [0.717, 1.165) is 16.0 Å². The van der Waals surface area contributed by atoms with Crippen molar-refractivity contribution in [3.63, 3.8) is 0 Å². The first kappa shape index (κ1) is 8.48. The van der Waals surface area contributed by atoms with E-state index >= 15 is 0 Å². The molecule has 1 N–H and O–H groups in total. The second-order valence-electron chi connectivity index (χ2n) is 3.92. The molecule has 2 aromatic heterocycles. The van der Waals surface area contributed by atoms with Crippen molar-refractivity contribution in [1.82, 2.24) is 9.97 Å². The number of nitrogens with one attached hydrogen (secondary N) is 1. The summed E-state index contributed by atoms with van der Waals surface area (Å²) < 4.78 is 1.06. The molecule has 0 atom stereocenters. The highest BCUT2D eigenvalue weighted by Gasteiger charge is 2.22. The average Bonchev–Trinajstić information content (AvgIpc) is 2.46. The van der Waals surface area contributed by atoms with Gasteiger partial charge in [0.2, 0.25) is 0 Å². The Hall–Kier alpha value is -0.830. The van der Waals surface area contributed by atoms with E-state index in [1.54, 1.807) is 0 Å². The summed E-state index contributed by atoms with van der Waals surface area (Å²) in [6.07, 6.45) is 8.00. The van der Waals surface area contributed by atoms with Crippen LogP contribution in [0.2, 0.25) is 0 Å². The fourth-order valence-corrected chi connectivity index (χ4v) is 2.39. The molecular formula is C11H11BrN2. The molecule has 1 fully saturated rings. The number of rotatable bonds is 1. The monoisotopic (exact) mass is 250 g/mol. The summed E-state index contributed by atoms with van der Waals surface area (Å²) in [5, 5.41) is 1.28. The van der Waals surface area contributed by atoms with E-state index in [1.165, 1.54) is 30.2 Å². The third kappa shape index (κ3) is 1.19. The van der Waals surface area contributed by atoms with Gasteiger partial charge in [-0.1, -0.05) is 6.42 Å². The quantitative estimate of drug-likeness (QED) is 0.824. The van der Waals surface area contributed by atoms with Crippen molar-refractivity contribution < 1.29 is 0 Å². The van der Waals surface area contributed by atoms with Crippen LogP contribution in [0.3, 0.4) is 0 Å². The number of hydrogen-bond acceptors (Lipinski definition) is 1. The molecule has 0 aromatic carbocycles. The van der Waals surface area contributed by atoms with Crippen LogP contribution in [0.25, 0.3) is 11.0 Å². The lowest BCUT2D eigenvalue weighted by atomic mass is 9.80. The lowest BCUT2D eigenvalue weighted by Gasteiger charge is -2.24. The Bertz CT molecular complexity index is 471. The largest absolute Gasteiger partial charge is 0.346 e. The SMILES string of the molecule is Brc1cnc2[nH]cc(C3CCC3)c2c1. The number of hydrogen-bond donors (Lipinski definition) is 1. The molecule has 0 saturated heterocycles. The molecule has 2 aromatic rings. The lowest BCUT2D eigenvalue weighted by Crippen LogP contribution is -2.07. The number of H-pyrrole nitrogens is 1. The van der Waals surface area contributed by atoms with E-state index in [1.807, 2.05) is 6.20 Å². The molecule has 0 bridgehead atoms. The molecule has 1 aliphatic carbocycles. The van der Waals surface area contributed by atoms with Gasteiger partial charge in [0.1, 0.15) is 5.65 Å². The molecule has 0 aliphatic heterocycles. The zero-order chi connectivity index (χ0) is 9.54. The maximum atomic E-state index is 4.34. The summed E-state index contributed by atoms with van der Waals surface area (Å²) in [6.45, 7) is 0. The van der Waals surface area contributed by atoms with Gasteiger partial charge < -0.3 is 4.98 Å². The summed E-state index contributed by atoms with van der Waals surface area (Å²) >= 11 is 3.46. The Morgan fingerprint density at radius 1 is 1.43 bits per heavy atom. The van der Waals surface area contributed by atoms with Crippen LogP contribution in [0, 0.1) is 0 Å². The molecule has 1 aliphatic rings. The van der Waals surface area contributed by atoms with Crippen LogP contribution in [0.15, 0.2) is 22.9 Å². The van der Waals surface area contributed by atoms with Crippen LogP contribution in [0.1, 0.15) is 30.7 Å². The molecule has 3 heteroatoms. The predicted molar refractivity (Wildman–Crippen MR) is 60.4 cm³/mol. The van der Waals surface area contributed by atoms with Crippen LogP contribution in [0.5, 0.6) is 0 Å². The van der Waals surface area contributed by atoms with E-state index in [4.69, 9.17) is 0 Å². The number of aromatic amines is 1. The topological polar surface area (TPSA) is 28.7 Å². The number of nitrogens with zero attached hydrogens (tertiary/aromatic N) is 1. The highest BCUT2D eigenvalue weighted by molar-refractivity contribution is 9.10. The van der Waals surface area contributed by atoms with E-state index in [2.05, 4.69) is 38.2 Å². The molecule has 1 saturated carbocycles. The van der Waals surface area contributed by atoms with Crippen LogP contribution < -0.4 is 0 Å². The van der Waals surface area contributed by atoms with E-state index in [9.17, 15) is 0 Å². The van der Waals surface area contributed by atoms with Gasteiger partial charge >= 0.3 is 0 Å². The zero-order valence-corrected chi connectivity index (χ0v) is 9.34. The van der Waals surface area contributed by atoms with Crippen molar-refractivity contribution in [2.75, 3.05) is 0 Å². The number of halogens is 1. The standard InChI is InChI=1S/C11H11BrN2/c12-8-4-9-10(7-2-1-3-7)6-14-11(9)13-5-8/h4-7H,1-3H2,(H,13,14). The maximum Gasteiger partial charge on any atom is 0.137 e. The highest BCUT2D eigenvalue weighted by Crippen LogP contribution is 2.39. The van der Waals surface area contributed by atoms with Gasteiger partial charge in [-0.2, -0.15) is 0 Å². The van der Waals surface area contributed by atoms with Crippen molar-refractivity contribution in [3.05, 3.63) is 28.5 Å². The van der Waals surface area contributed by atoms with Gasteiger partial charge in [-0.25, -0.2) is 4.98 Å². The minimum atomic E-state index is 0.764. The van der Waals surface area contributed by atoms with Gasteiger partial charge in [0, 0.05) is 22.3 Å². The molecule has 0 radical (unpaired) electrons. The predicted octanol–water partition coefficient (Wildman–Crippen LogP) is 3.59. The molecular weight excluding hydrogens is 240 g/mol. The van der Waals surface area contributed by atoms with Gasteiger partial charge in [-0.15, -0.1) is 0 Å². The maximum absolute atomic E-state index is 4.34. The molecule has 0 unspecified atom stereocenters. The van der Waals surface area contributed by atoms with Crippen molar-refractivity contribution in [2.24, 2.45) is 0 Å². The number of fused-ring (bicyclic) bond motifs is 1. The van der Waals surface area contributed by atoms with E-state index < -0.39 is 0 Å². The second-order valence-corrected chi connectivity index (χ2v) is 4.84. The summed E-state index contributed by atoms with van der Waals surface area (Å²) in [6, 6.07) is 2.16. The molecule has 2 nitrogen and oxygen atoms in total. The first-order chi connectivity index (χ1) is 6.84. The first-order valence-electron chi connectivity index (χ1n) is 4.97. The number of pyridine rings is 1. The Labute approximate surface area is 90.9 Å². The van der Waals surface area contributed by atoms with Gasteiger partial charge in [0.05, 0.1) is 0 Å². The Morgan fingerprint density at radius 2 is 2.29 bits per heavy atom. The second kappa shape index (κ2) is 3.09. The smallest absolute Gasteiger partial charge is 0.137 e. The summed E-state index contributed by atoms with van der Waals surface area (Å²) in [7, 11) is 0. The van der Waals surface area contributed by atoms with E-state index in [-0.39, 0.29) is 0 Å². The molecule has 72 valence electrons. The van der Waals surface area contributed by atoms with Crippen molar-refractivity contribution in [3.8, 4) is 0 Å². The third-order valence-electron chi connectivity index (χ3n) is 3.07. The fraction of sp³-hybridized carbons (Fsp3) is 0.364. The minimum Gasteiger partial charge on any atom is -0.346 e. The van der Waals surface area contributed by atoms with Crippen LogP contribution in [-0.4, -0.2) is 9.97 Å². The van der Waals surface area contributed by atoms with Crippen LogP contribution in [0.4, 0.5) is 0 Å². The van der Waals surface area contributed by atoms with Crippen molar-refractivity contribution >= 4 is 27.0 Å². The Balaban J connectivity index is 2.18. The molecule has 14 heavy (non-hydrogen) atoms. The zero-order valence-electron chi connectivity index (χ0n) is 7.76. The summed E-state index contributed by atoms with van der Waals surface area (Å²) in [5.74, 6) is 0.764. The summed E-state index contributed by atoms with van der Waals surface area (Å²) in [4.78, 5) is 7.57. The average molecular weight is 251 g/mol. The van der Waals surface area contributed by atoms with Crippen LogP contribution in [-0.2, 0) is 0 Å². The Morgan fingerprint density at radius 3 is 3.00 bits per heavy atom. The van der Waals surface area contributed by atoms with Crippen molar-refractivity contribution in [1.29, 1.82) is 0 Å². The number of aromatic nitrogens is 2. The Kier molecular flexibility index (Phi) is 1.87. The van der Waals surface area contributed by atoms with Crippen molar-refractivity contribution in [2.45, 2.75) is 25.2 Å². The van der Waals surface area contributed by atoms with Gasteiger partial charge in [0.25, 0.3) is 0 Å².